The van der Waals surface area contributed by atoms with Crippen molar-refractivity contribution in [2.75, 3.05) is 13.2 Å². The van der Waals surface area contributed by atoms with Gasteiger partial charge in [0, 0.05) is 9.52 Å². The van der Waals surface area contributed by atoms with E-state index in [1.165, 1.54) is 6.04 Å². The molecule has 5 nitrogen and oxygen atoms in total. The summed E-state index contributed by atoms with van der Waals surface area (Å²) in [5.74, 6) is -1.53. The Hall–Kier alpha value is 0.451. The average Bonchev–Trinajstić information content (AvgIpc) is 2.29. The maximum atomic E-state index is 10.3. The molecule has 0 saturated carbocycles. The Labute approximate surface area is 134 Å². The molecular weight excluding hydrogens is 320 g/mol. The van der Waals surface area contributed by atoms with Gasteiger partial charge in [0.05, 0.1) is 13.2 Å². The third kappa shape index (κ3) is 9.24. The van der Waals surface area contributed by atoms with Crippen molar-refractivity contribution in [3.05, 3.63) is 0 Å². The second-order valence-electron chi connectivity index (χ2n) is 7.29. The zero-order chi connectivity index (χ0) is 16.7. The summed E-state index contributed by atoms with van der Waals surface area (Å²) in [7, 11) is -4.06. The van der Waals surface area contributed by atoms with E-state index in [1.807, 2.05) is 39.3 Å². The number of hydrogen-bond acceptors (Lipinski definition) is 5. The normalized spacial score (nSPS) is 15.9. The van der Waals surface area contributed by atoms with Crippen molar-refractivity contribution in [1.82, 2.24) is 0 Å². The Bertz CT molecular complexity index is 273. The summed E-state index contributed by atoms with van der Waals surface area (Å²) in [6.45, 7) is 14.4. The van der Waals surface area contributed by atoms with Crippen molar-refractivity contribution in [2.24, 2.45) is 0 Å². The molecule has 0 amide bonds. The van der Waals surface area contributed by atoms with Crippen LogP contribution in [0, 0.1) is 0 Å². The minimum Gasteiger partial charge on any atom is -0.393 e. The second-order valence-corrected chi connectivity index (χ2v) is 17.9. The van der Waals surface area contributed by atoms with Crippen LogP contribution in [-0.2, 0) is 13.6 Å². The van der Waals surface area contributed by atoms with Crippen LogP contribution in [0.4, 0.5) is 0 Å². The van der Waals surface area contributed by atoms with Gasteiger partial charge in [-0.05, 0) is 45.7 Å². The molecule has 21 heavy (non-hydrogen) atoms. The van der Waals surface area contributed by atoms with Crippen molar-refractivity contribution in [2.45, 2.75) is 70.4 Å². The van der Waals surface area contributed by atoms with E-state index in [0.717, 1.165) is 6.42 Å². The van der Waals surface area contributed by atoms with Crippen molar-refractivity contribution in [3.63, 3.8) is 0 Å². The lowest BCUT2D eigenvalue weighted by atomic mass is 10.3. The van der Waals surface area contributed by atoms with E-state index in [0.29, 0.717) is 6.61 Å². The summed E-state index contributed by atoms with van der Waals surface area (Å²) in [5.41, 5.74) is 0. The van der Waals surface area contributed by atoms with Crippen LogP contribution in [0.1, 0.15) is 6.42 Å². The largest absolute Gasteiger partial charge is 0.393 e. The van der Waals surface area contributed by atoms with Gasteiger partial charge in [0.15, 0.2) is 22.7 Å². The van der Waals surface area contributed by atoms with E-state index in [2.05, 4.69) is 6.55 Å². The first-order chi connectivity index (χ1) is 9.46. The van der Waals surface area contributed by atoms with Gasteiger partial charge in [0.25, 0.3) is 5.97 Å². The van der Waals surface area contributed by atoms with Crippen LogP contribution in [-0.4, -0.2) is 61.7 Å². The number of aliphatic hydroxyl groups excluding tert-OH is 2. The first-order valence-electron chi connectivity index (χ1n) is 7.79. The van der Waals surface area contributed by atoms with E-state index in [1.54, 1.807) is 0 Å². The fourth-order valence-electron chi connectivity index (χ4n) is 1.84. The van der Waals surface area contributed by atoms with Crippen LogP contribution < -0.4 is 0 Å². The fourth-order valence-corrected chi connectivity index (χ4v) is 4.81. The zero-order valence-corrected chi connectivity index (χ0v) is 18.1. The first-order valence-corrected chi connectivity index (χ1v) is 17.0. The number of rotatable bonds is 11. The highest BCUT2D eigenvalue weighted by molar-refractivity contribution is 6.71. The third-order valence-corrected chi connectivity index (χ3v) is 5.53. The standard InChI is InChI=1S/C13H34O5Si3/c1-19-10-8-9-16-13(12(15)11-14,17-20(2,3)4)18-21(5,6)7/h12,14-15H,8-11,19H2,1-7H3. The lowest BCUT2D eigenvalue weighted by Crippen LogP contribution is -2.60. The maximum Gasteiger partial charge on any atom is 0.294 e. The number of aliphatic hydroxyl groups is 2. The van der Waals surface area contributed by atoms with Crippen molar-refractivity contribution < 1.29 is 23.8 Å². The zero-order valence-electron chi connectivity index (χ0n) is 14.7. The van der Waals surface area contributed by atoms with Gasteiger partial charge in [-0.25, -0.2) is 0 Å². The summed E-state index contributed by atoms with van der Waals surface area (Å²) in [5, 5.41) is 19.7. The van der Waals surface area contributed by atoms with Gasteiger partial charge in [0.2, 0.25) is 0 Å². The summed E-state index contributed by atoms with van der Waals surface area (Å²) < 4.78 is 18.0. The SMILES string of the molecule is C[SiH2]CCCOC(O[Si](C)(C)C)(O[Si](C)(C)C)C(O)CO. The van der Waals surface area contributed by atoms with Gasteiger partial charge in [-0.1, -0.05) is 12.6 Å². The molecule has 0 aromatic heterocycles. The Morgan fingerprint density at radius 3 is 1.86 bits per heavy atom. The van der Waals surface area contributed by atoms with Gasteiger partial charge < -0.3 is 23.8 Å². The van der Waals surface area contributed by atoms with Gasteiger partial charge >= 0.3 is 0 Å². The predicted molar refractivity (Wildman–Crippen MR) is 94.5 cm³/mol. The molecule has 1 unspecified atom stereocenters. The molecule has 1 atom stereocenters. The van der Waals surface area contributed by atoms with E-state index in [-0.39, 0.29) is 9.52 Å². The Morgan fingerprint density at radius 2 is 1.52 bits per heavy atom. The molecule has 0 radical (unpaired) electrons. The van der Waals surface area contributed by atoms with Crippen LogP contribution >= 0.6 is 0 Å². The van der Waals surface area contributed by atoms with Gasteiger partial charge in [0.1, 0.15) is 0 Å². The average molecular weight is 355 g/mol. The highest BCUT2D eigenvalue weighted by Gasteiger charge is 2.47. The fraction of sp³-hybridized carbons (Fsp3) is 1.00. The molecular formula is C13H34O5Si3. The molecule has 0 aromatic carbocycles. The monoisotopic (exact) mass is 354 g/mol. The van der Waals surface area contributed by atoms with Gasteiger partial charge in [-0.2, -0.15) is 0 Å². The molecule has 8 heteroatoms. The highest BCUT2D eigenvalue weighted by atomic mass is 28.4. The molecule has 0 saturated heterocycles. The molecule has 0 aliphatic heterocycles. The van der Waals surface area contributed by atoms with Crippen LogP contribution in [0.25, 0.3) is 0 Å². The molecule has 0 bridgehead atoms. The summed E-state index contributed by atoms with van der Waals surface area (Å²) in [6.07, 6.45) is -0.262. The molecule has 0 fully saturated rings. The van der Waals surface area contributed by atoms with Crippen LogP contribution in [0.5, 0.6) is 0 Å². The molecule has 0 heterocycles. The quantitative estimate of drug-likeness (QED) is 0.336. The molecule has 0 spiro atoms. The smallest absolute Gasteiger partial charge is 0.294 e. The van der Waals surface area contributed by atoms with Crippen molar-refractivity contribution >= 4 is 26.2 Å². The molecule has 2 N–H and O–H groups in total. The second kappa shape index (κ2) is 8.92. The first kappa shape index (κ1) is 21.5. The van der Waals surface area contributed by atoms with Crippen molar-refractivity contribution in [1.29, 1.82) is 0 Å². The molecule has 0 rings (SSSR count). The lowest BCUT2D eigenvalue weighted by Gasteiger charge is -2.44. The molecule has 128 valence electrons. The maximum absolute atomic E-state index is 10.3. The highest BCUT2D eigenvalue weighted by Crippen LogP contribution is 2.29. The third-order valence-electron chi connectivity index (χ3n) is 2.53. The summed E-state index contributed by atoms with van der Waals surface area (Å²) in [6, 6.07) is 1.19. The predicted octanol–water partition coefficient (Wildman–Crippen LogP) is 1.74. The van der Waals surface area contributed by atoms with Gasteiger partial charge in [-0.3, -0.25) is 0 Å². The van der Waals surface area contributed by atoms with Crippen LogP contribution in [0.3, 0.4) is 0 Å². The molecule has 0 aliphatic carbocycles. The molecule has 0 aliphatic rings. The topological polar surface area (TPSA) is 68.2 Å². The summed E-state index contributed by atoms with van der Waals surface area (Å²) in [4.78, 5) is 0. The van der Waals surface area contributed by atoms with Crippen molar-refractivity contribution in [3.8, 4) is 0 Å². The van der Waals surface area contributed by atoms with E-state index in [9.17, 15) is 10.2 Å². The number of ether oxygens (including phenoxy) is 1. The number of hydrogen-bond donors (Lipinski definition) is 2. The van der Waals surface area contributed by atoms with Crippen LogP contribution in [0.2, 0.25) is 51.9 Å². The van der Waals surface area contributed by atoms with Gasteiger partial charge in [-0.15, -0.1) is 0 Å². The Balaban J connectivity index is 5.20. The lowest BCUT2D eigenvalue weighted by molar-refractivity contribution is -0.356. The minimum atomic E-state index is -2.03. The van der Waals surface area contributed by atoms with E-state index in [4.69, 9.17) is 13.6 Å². The van der Waals surface area contributed by atoms with Crippen LogP contribution in [0.15, 0.2) is 0 Å². The van der Waals surface area contributed by atoms with E-state index >= 15 is 0 Å². The molecule has 0 aromatic rings. The van der Waals surface area contributed by atoms with E-state index < -0.39 is 35.3 Å². The Morgan fingerprint density at radius 1 is 1.05 bits per heavy atom. The minimum absolute atomic E-state index is 0.00180. The summed E-state index contributed by atoms with van der Waals surface area (Å²) >= 11 is 0. The Kier molecular flexibility index (Phi) is 9.11.